The minimum absolute atomic E-state index is 0.0754. The van der Waals surface area contributed by atoms with E-state index in [9.17, 15) is 9.59 Å². The molecule has 0 fully saturated rings. The van der Waals surface area contributed by atoms with E-state index < -0.39 is 5.97 Å². The first-order chi connectivity index (χ1) is 6.54. The Kier molecular flexibility index (Phi) is 3.49. The first-order valence-corrected chi connectivity index (χ1v) is 4.43. The van der Waals surface area contributed by atoms with E-state index in [4.69, 9.17) is 27.9 Å². The Hall–Kier alpha value is -1.06. The second-order valence-electron chi connectivity index (χ2n) is 2.53. The number of carbonyl (C=O) groups is 2. The second-order valence-corrected chi connectivity index (χ2v) is 3.34. The number of aldehydes is 1. The lowest BCUT2D eigenvalue weighted by atomic mass is 10.2. The van der Waals surface area contributed by atoms with Crippen molar-refractivity contribution in [1.29, 1.82) is 0 Å². The lowest BCUT2D eigenvalue weighted by Gasteiger charge is -2.06. The molecule has 0 saturated carbocycles. The van der Waals surface area contributed by atoms with Crippen molar-refractivity contribution in [3.8, 4) is 5.75 Å². The van der Waals surface area contributed by atoms with E-state index in [1.165, 1.54) is 19.1 Å². The summed E-state index contributed by atoms with van der Waals surface area (Å²) in [7, 11) is 0. The molecular weight excluding hydrogens is 227 g/mol. The van der Waals surface area contributed by atoms with Crippen LogP contribution in [0, 0.1) is 0 Å². The van der Waals surface area contributed by atoms with E-state index in [-0.39, 0.29) is 15.8 Å². The molecule has 0 atom stereocenters. The SMILES string of the molecule is CC(=O)Oc1c(Cl)cc(C=O)cc1Cl. The highest BCUT2D eigenvalue weighted by atomic mass is 35.5. The van der Waals surface area contributed by atoms with Gasteiger partial charge in [-0.2, -0.15) is 0 Å². The Bertz CT molecular complexity index is 365. The Morgan fingerprint density at radius 1 is 1.36 bits per heavy atom. The second kappa shape index (κ2) is 4.44. The predicted molar refractivity (Wildman–Crippen MR) is 53.2 cm³/mol. The molecule has 0 radical (unpaired) electrons. The molecule has 0 N–H and O–H groups in total. The van der Waals surface area contributed by atoms with E-state index in [0.717, 1.165) is 0 Å². The number of rotatable bonds is 2. The van der Waals surface area contributed by atoms with E-state index in [1.54, 1.807) is 0 Å². The van der Waals surface area contributed by atoms with Gasteiger partial charge in [0, 0.05) is 12.5 Å². The van der Waals surface area contributed by atoms with Crippen molar-refractivity contribution in [3.05, 3.63) is 27.7 Å². The summed E-state index contributed by atoms with van der Waals surface area (Å²) in [6.07, 6.45) is 0.606. The van der Waals surface area contributed by atoms with Crippen LogP contribution in [-0.4, -0.2) is 12.3 Å². The Balaban J connectivity index is 3.17. The third kappa shape index (κ3) is 2.47. The standard InChI is InChI=1S/C9H6Cl2O3/c1-5(13)14-9-7(10)2-6(4-12)3-8(9)11/h2-4H,1H3. The molecule has 0 bridgehead atoms. The van der Waals surface area contributed by atoms with Crippen molar-refractivity contribution in [1.82, 2.24) is 0 Å². The fourth-order valence-electron chi connectivity index (χ4n) is 0.889. The maximum Gasteiger partial charge on any atom is 0.308 e. The normalized spacial score (nSPS) is 9.64. The van der Waals surface area contributed by atoms with Gasteiger partial charge in [-0.25, -0.2) is 0 Å². The summed E-state index contributed by atoms with van der Waals surface area (Å²) in [5, 5.41) is 0.268. The summed E-state index contributed by atoms with van der Waals surface area (Å²) in [6.45, 7) is 1.24. The summed E-state index contributed by atoms with van der Waals surface area (Å²) in [4.78, 5) is 21.1. The van der Waals surface area contributed by atoms with Crippen LogP contribution in [-0.2, 0) is 4.79 Å². The van der Waals surface area contributed by atoms with E-state index in [0.29, 0.717) is 11.8 Å². The third-order valence-electron chi connectivity index (χ3n) is 1.40. The van der Waals surface area contributed by atoms with Crippen LogP contribution in [0.25, 0.3) is 0 Å². The molecule has 0 unspecified atom stereocenters. The van der Waals surface area contributed by atoms with Crippen molar-refractivity contribution in [2.24, 2.45) is 0 Å². The van der Waals surface area contributed by atoms with Crippen LogP contribution in [0.5, 0.6) is 5.75 Å². The largest absolute Gasteiger partial charge is 0.424 e. The molecule has 0 spiro atoms. The summed E-state index contributed by atoms with van der Waals surface area (Å²) >= 11 is 11.5. The molecule has 1 rings (SSSR count). The zero-order valence-electron chi connectivity index (χ0n) is 7.21. The molecule has 5 heteroatoms. The number of hydrogen-bond acceptors (Lipinski definition) is 3. The molecule has 0 aliphatic rings. The van der Waals surface area contributed by atoms with E-state index in [2.05, 4.69) is 0 Å². The highest BCUT2D eigenvalue weighted by Crippen LogP contribution is 2.33. The lowest BCUT2D eigenvalue weighted by Crippen LogP contribution is -2.02. The Morgan fingerprint density at radius 3 is 2.21 bits per heavy atom. The first-order valence-electron chi connectivity index (χ1n) is 3.67. The highest BCUT2D eigenvalue weighted by molar-refractivity contribution is 6.37. The molecule has 0 amide bonds. The predicted octanol–water partition coefficient (Wildman–Crippen LogP) is 2.73. The third-order valence-corrected chi connectivity index (χ3v) is 1.96. The zero-order valence-corrected chi connectivity index (χ0v) is 8.72. The molecule has 1 aromatic rings. The maximum atomic E-state index is 10.7. The number of benzene rings is 1. The molecule has 0 heterocycles. The van der Waals surface area contributed by atoms with Gasteiger partial charge >= 0.3 is 5.97 Å². The minimum atomic E-state index is -0.521. The molecule has 0 aromatic heterocycles. The highest BCUT2D eigenvalue weighted by Gasteiger charge is 2.11. The zero-order chi connectivity index (χ0) is 10.7. The molecule has 0 saturated heterocycles. The topological polar surface area (TPSA) is 43.4 Å². The monoisotopic (exact) mass is 232 g/mol. The van der Waals surface area contributed by atoms with Crippen molar-refractivity contribution in [3.63, 3.8) is 0 Å². The fourth-order valence-corrected chi connectivity index (χ4v) is 1.47. The van der Waals surface area contributed by atoms with Crippen LogP contribution in [0.4, 0.5) is 0 Å². The molecule has 3 nitrogen and oxygen atoms in total. The van der Waals surface area contributed by atoms with Gasteiger partial charge in [-0.3, -0.25) is 9.59 Å². The van der Waals surface area contributed by atoms with Crippen LogP contribution in [0.1, 0.15) is 17.3 Å². The average molecular weight is 233 g/mol. The molecule has 0 aliphatic carbocycles. The van der Waals surface area contributed by atoms with Crippen molar-refractivity contribution in [2.75, 3.05) is 0 Å². The summed E-state index contributed by atoms with van der Waals surface area (Å²) in [5.74, 6) is -0.445. The molecule has 1 aromatic carbocycles. The van der Waals surface area contributed by atoms with E-state index in [1.807, 2.05) is 0 Å². The summed E-state index contributed by atoms with van der Waals surface area (Å²) < 4.78 is 4.76. The Labute approximate surface area is 90.6 Å². The van der Waals surface area contributed by atoms with Crippen LogP contribution >= 0.6 is 23.2 Å². The van der Waals surface area contributed by atoms with Gasteiger partial charge in [0.2, 0.25) is 0 Å². The van der Waals surface area contributed by atoms with Gasteiger partial charge in [0.15, 0.2) is 5.75 Å². The van der Waals surface area contributed by atoms with Gasteiger partial charge < -0.3 is 4.74 Å². The van der Waals surface area contributed by atoms with Gasteiger partial charge in [-0.15, -0.1) is 0 Å². The van der Waals surface area contributed by atoms with Crippen molar-refractivity contribution < 1.29 is 14.3 Å². The Morgan fingerprint density at radius 2 is 1.86 bits per heavy atom. The van der Waals surface area contributed by atoms with Crippen molar-refractivity contribution in [2.45, 2.75) is 6.92 Å². The molecule has 74 valence electrons. The number of ether oxygens (including phenoxy) is 1. The van der Waals surface area contributed by atoms with Gasteiger partial charge in [0.25, 0.3) is 0 Å². The lowest BCUT2D eigenvalue weighted by molar-refractivity contribution is -0.131. The fraction of sp³-hybridized carbons (Fsp3) is 0.111. The van der Waals surface area contributed by atoms with Crippen LogP contribution in [0.15, 0.2) is 12.1 Å². The summed E-state index contributed by atoms with van der Waals surface area (Å²) in [5.41, 5.74) is 0.330. The molecular formula is C9H6Cl2O3. The van der Waals surface area contributed by atoms with Gasteiger partial charge in [-0.05, 0) is 12.1 Å². The van der Waals surface area contributed by atoms with Gasteiger partial charge in [0.05, 0.1) is 10.0 Å². The number of esters is 1. The van der Waals surface area contributed by atoms with Crippen molar-refractivity contribution >= 4 is 35.5 Å². The first kappa shape index (κ1) is 11.0. The quantitative estimate of drug-likeness (QED) is 0.448. The molecule has 14 heavy (non-hydrogen) atoms. The van der Waals surface area contributed by atoms with Crippen LogP contribution in [0.2, 0.25) is 10.0 Å². The maximum absolute atomic E-state index is 10.7. The van der Waals surface area contributed by atoms with Gasteiger partial charge in [-0.1, -0.05) is 23.2 Å². The van der Waals surface area contributed by atoms with E-state index >= 15 is 0 Å². The average Bonchev–Trinajstić information content (AvgIpc) is 2.10. The van der Waals surface area contributed by atoms with Crippen LogP contribution in [0.3, 0.4) is 0 Å². The molecule has 0 aliphatic heterocycles. The van der Waals surface area contributed by atoms with Gasteiger partial charge in [0.1, 0.15) is 6.29 Å². The number of carbonyl (C=O) groups excluding carboxylic acids is 2. The smallest absolute Gasteiger partial charge is 0.308 e. The van der Waals surface area contributed by atoms with Crippen LogP contribution < -0.4 is 4.74 Å². The number of hydrogen-bond donors (Lipinski definition) is 0. The number of halogens is 2. The minimum Gasteiger partial charge on any atom is -0.424 e. The summed E-state index contributed by atoms with van der Waals surface area (Å²) in [6, 6.07) is 2.75.